The molecule has 3 N–H and O–H groups in total. The molecule has 0 saturated carbocycles. The van der Waals surface area contributed by atoms with E-state index < -0.39 is 0 Å². The maximum Gasteiger partial charge on any atom is 0.191 e. The van der Waals surface area contributed by atoms with E-state index in [9.17, 15) is 4.39 Å². The van der Waals surface area contributed by atoms with Gasteiger partial charge in [-0.15, -0.1) is 24.0 Å². The van der Waals surface area contributed by atoms with Gasteiger partial charge in [-0.2, -0.15) is 5.10 Å². The smallest absolute Gasteiger partial charge is 0.191 e. The number of nitrogens with one attached hydrogen (secondary N) is 3. The molecule has 6 nitrogen and oxygen atoms in total. The van der Waals surface area contributed by atoms with Crippen LogP contribution < -0.4 is 10.6 Å². The molecular formula is C19H22FIN6. The number of hydrogen-bond donors (Lipinski definition) is 3. The molecule has 1 heterocycles. The quantitative estimate of drug-likeness (QED) is 0.287. The van der Waals surface area contributed by atoms with Crippen LogP contribution in [0, 0.1) is 5.82 Å². The predicted octanol–water partition coefficient (Wildman–Crippen LogP) is 3.48. The Balaban J connectivity index is 0.00000261. The van der Waals surface area contributed by atoms with Crippen LogP contribution >= 0.6 is 24.0 Å². The van der Waals surface area contributed by atoms with Gasteiger partial charge in [-0.3, -0.25) is 5.10 Å². The molecule has 0 unspecified atom stereocenters. The standard InChI is InChI=1S/C19H21FN6.HI/c1-2-21-19(23-12-16-7-3-4-9-17(16)20)22-11-14-6-5-8-15(10-14)18-24-13-25-26-18;/h3-10,13H,2,11-12H2,1H3,(H2,21,22,23)(H,24,25,26);1H. The Hall–Kier alpha value is -2.49. The predicted molar refractivity (Wildman–Crippen MR) is 115 cm³/mol. The fourth-order valence-electron chi connectivity index (χ4n) is 2.49. The fraction of sp³-hybridized carbons (Fsp3) is 0.211. The lowest BCUT2D eigenvalue weighted by molar-refractivity contribution is 0.604. The van der Waals surface area contributed by atoms with Gasteiger partial charge in [0, 0.05) is 24.2 Å². The van der Waals surface area contributed by atoms with E-state index in [-0.39, 0.29) is 29.8 Å². The molecule has 0 radical (unpaired) electrons. The van der Waals surface area contributed by atoms with Gasteiger partial charge in [-0.1, -0.05) is 36.4 Å². The van der Waals surface area contributed by atoms with Crippen LogP contribution in [0.15, 0.2) is 59.9 Å². The van der Waals surface area contributed by atoms with E-state index in [4.69, 9.17) is 0 Å². The summed E-state index contributed by atoms with van der Waals surface area (Å²) in [5.41, 5.74) is 2.60. The molecule has 3 aromatic rings. The second-order valence-electron chi connectivity index (χ2n) is 5.67. The average molecular weight is 480 g/mol. The number of aliphatic imine (C=N–C) groups is 1. The average Bonchev–Trinajstić information content (AvgIpc) is 3.20. The normalized spacial score (nSPS) is 11.0. The number of aromatic amines is 1. The van der Waals surface area contributed by atoms with Gasteiger partial charge < -0.3 is 10.6 Å². The number of hydrogen-bond acceptors (Lipinski definition) is 3. The summed E-state index contributed by atoms with van der Waals surface area (Å²) in [4.78, 5) is 8.74. The molecule has 0 aliphatic carbocycles. The molecule has 0 amide bonds. The third-order valence-electron chi connectivity index (χ3n) is 3.78. The Morgan fingerprint density at radius 2 is 2.00 bits per heavy atom. The van der Waals surface area contributed by atoms with Crippen molar-refractivity contribution in [1.29, 1.82) is 0 Å². The topological polar surface area (TPSA) is 78.0 Å². The second kappa shape index (κ2) is 10.6. The van der Waals surface area contributed by atoms with Gasteiger partial charge in [0.2, 0.25) is 0 Å². The highest BCUT2D eigenvalue weighted by atomic mass is 127. The zero-order valence-corrected chi connectivity index (χ0v) is 17.3. The van der Waals surface area contributed by atoms with Crippen molar-refractivity contribution in [3.05, 3.63) is 71.8 Å². The number of halogens is 2. The number of rotatable bonds is 6. The Bertz CT molecular complexity index is 866. The molecule has 27 heavy (non-hydrogen) atoms. The van der Waals surface area contributed by atoms with Crippen LogP contribution in [0.1, 0.15) is 18.1 Å². The van der Waals surface area contributed by atoms with Crippen LogP contribution in [0.4, 0.5) is 4.39 Å². The molecule has 2 aromatic carbocycles. The van der Waals surface area contributed by atoms with Crippen molar-refractivity contribution in [1.82, 2.24) is 25.8 Å². The van der Waals surface area contributed by atoms with Crippen molar-refractivity contribution in [3.8, 4) is 11.4 Å². The van der Waals surface area contributed by atoms with Crippen LogP contribution in [-0.2, 0) is 13.1 Å². The summed E-state index contributed by atoms with van der Waals surface area (Å²) in [5.74, 6) is 1.14. The molecule has 0 fully saturated rings. The molecule has 0 atom stereocenters. The van der Waals surface area contributed by atoms with Gasteiger partial charge in [-0.05, 0) is 24.6 Å². The van der Waals surface area contributed by atoms with Crippen molar-refractivity contribution in [2.24, 2.45) is 4.99 Å². The first-order valence-corrected chi connectivity index (χ1v) is 8.46. The third kappa shape index (κ3) is 6.02. The van der Waals surface area contributed by atoms with Gasteiger partial charge in [0.25, 0.3) is 0 Å². The van der Waals surface area contributed by atoms with Crippen LogP contribution in [-0.4, -0.2) is 27.7 Å². The van der Waals surface area contributed by atoms with Gasteiger partial charge in [0.1, 0.15) is 12.1 Å². The minimum atomic E-state index is -0.226. The SMILES string of the molecule is CCNC(=NCc1cccc(-c2ncn[nH]2)c1)NCc1ccccc1F.I. The highest BCUT2D eigenvalue weighted by Gasteiger charge is 2.04. The first-order valence-electron chi connectivity index (χ1n) is 8.46. The monoisotopic (exact) mass is 480 g/mol. The Labute approximate surface area is 174 Å². The number of guanidine groups is 1. The van der Waals surface area contributed by atoms with Crippen molar-refractivity contribution in [3.63, 3.8) is 0 Å². The summed E-state index contributed by atoms with van der Waals surface area (Å²) >= 11 is 0. The zero-order chi connectivity index (χ0) is 18.2. The summed E-state index contributed by atoms with van der Waals surface area (Å²) in [6, 6.07) is 14.7. The number of H-pyrrole nitrogens is 1. The number of benzene rings is 2. The maximum atomic E-state index is 13.7. The van der Waals surface area contributed by atoms with Crippen molar-refractivity contribution in [2.75, 3.05) is 6.54 Å². The first-order chi connectivity index (χ1) is 12.8. The largest absolute Gasteiger partial charge is 0.357 e. The minimum Gasteiger partial charge on any atom is -0.357 e. The van der Waals surface area contributed by atoms with E-state index in [0.29, 0.717) is 24.6 Å². The Morgan fingerprint density at radius 3 is 2.74 bits per heavy atom. The molecule has 0 aliphatic rings. The summed E-state index contributed by atoms with van der Waals surface area (Å²) < 4.78 is 13.7. The maximum absolute atomic E-state index is 13.7. The Morgan fingerprint density at radius 1 is 1.15 bits per heavy atom. The molecule has 0 saturated heterocycles. The highest BCUT2D eigenvalue weighted by molar-refractivity contribution is 14.0. The van der Waals surface area contributed by atoms with E-state index in [0.717, 1.165) is 23.5 Å². The van der Waals surface area contributed by atoms with E-state index in [2.05, 4.69) is 30.8 Å². The van der Waals surface area contributed by atoms with Gasteiger partial charge in [-0.25, -0.2) is 14.4 Å². The molecule has 0 spiro atoms. The molecule has 0 aliphatic heterocycles. The summed E-state index contributed by atoms with van der Waals surface area (Å²) in [6.45, 7) is 3.58. The van der Waals surface area contributed by atoms with Crippen molar-refractivity contribution in [2.45, 2.75) is 20.0 Å². The lowest BCUT2D eigenvalue weighted by Crippen LogP contribution is -2.37. The first kappa shape index (κ1) is 20.8. The lowest BCUT2D eigenvalue weighted by atomic mass is 10.1. The fourth-order valence-corrected chi connectivity index (χ4v) is 2.49. The van der Waals surface area contributed by atoms with Gasteiger partial charge in [0.15, 0.2) is 11.8 Å². The zero-order valence-electron chi connectivity index (χ0n) is 14.9. The molecule has 3 rings (SSSR count). The van der Waals surface area contributed by atoms with Gasteiger partial charge in [0.05, 0.1) is 6.54 Å². The summed E-state index contributed by atoms with van der Waals surface area (Å²) in [7, 11) is 0. The van der Waals surface area contributed by atoms with E-state index in [1.807, 2.05) is 37.3 Å². The molecular weight excluding hydrogens is 458 g/mol. The van der Waals surface area contributed by atoms with Crippen LogP contribution in [0.25, 0.3) is 11.4 Å². The summed E-state index contributed by atoms with van der Waals surface area (Å²) in [6.07, 6.45) is 1.48. The van der Waals surface area contributed by atoms with Crippen LogP contribution in [0.3, 0.4) is 0 Å². The summed E-state index contributed by atoms with van der Waals surface area (Å²) in [5, 5.41) is 13.1. The van der Waals surface area contributed by atoms with Crippen LogP contribution in [0.5, 0.6) is 0 Å². The Kier molecular flexibility index (Phi) is 8.18. The number of nitrogens with zero attached hydrogens (tertiary/aromatic N) is 3. The van der Waals surface area contributed by atoms with Gasteiger partial charge >= 0.3 is 0 Å². The van der Waals surface area contributed by atoms with Crippen LogP contribution in [0.2, 0.25) is 0 Å². The van der Waals surface area contributed by atoms with Crippen molar-refractivity contribution >= 4 is 29.9 Å². The second-order valence-corrected chi connectivity index (χ2v) is 5.67. The molecule has 142 valence electrons. The molecule has 8 heteroatoms. The lowest BCUT2D eigenvalue weighted by Gasteiger charge is -2.12. The van der Waals surface area contributed by atoms with E-state index in [1.165, 1.54) is 12.4 Å². The molecule has 0 bridgehead atoms. The molecule has 1 aromatic heterocycles. The van der Waals surface area contributed by atoms with E-state index in [1.54, 1.807) is 12.1 Å². The van der Waals surface area contributed by atoms with E-state index >= 15 is 0 Å². The van der Waals surface area contributed by atoms with Crippen molar-refractivity contribution < 1.29 is 4.39 Å². The third-order valence-corrected chi connectivity index (χ3v) is 3.78. The minimum absolute atomic E-state index is 0. The highest BCUT2D eigenvalue weighted by Crippen LogP contribution is 2.16. The number of aromatic nitrogens is 3.